The van der Waals surface area contributed by atoms with E-state index in [1.807, 2.05) is 0 Å². The fourth-order valence-electron chi connectivity index (χ4n) is 2.23. The third kappa shape index (κ3) is 3.01. The average molecular weight is 238 g/mol. The molecule has 0 fully saturated rings. The molecule has 0 unspecified atom stereocenters. The molecule has 0 radical (unpaired) electrons. The molecule has 0 aliphatic carbocycles. The van der Waals surface area contributed by atoms with Crippen LogP contribution in [0.4, 0.5) is 0 Å². The van der Waals surface area contributed by atoms with Gasteiger partial charge >= 0.3 is 0 Å². The van der Waals surface area contributed by atoms with Crippen LogP contribution in [0.5, 0.6) is 0 Å². The van der Waals surface area contributed by atoms with E-state index in [-0.39, 0.29) is 0 Å². The van der Waals surface area contributed by atoms with Gasteiger partial charge in [-0.2, -0.15) is 0 Å². The molecular weight excluding hydrogens is 216 g/mol. The van der Waals surface area contributed by atoms with E-state index in [4.69, 9.17) is 0 Å². The van der Waals surface area contributed by atoms with E-state index >= 15 is 0 Å². The molecule has 0 aliphatic rings. The molecule has 0 amide bonds. The second-order valence-corrected chi connectivity index (χ2v) is 5.50. The van der Waals surface area contributed by atoms with Crippen LogP contribution in [0, 0.1) is 13.8 Å². The molecule has 18 heavy (non-hydrogen) atoms. The number of rotatable bonds is 3. The third-order valence-electron chi connectivity index (χ3n) is 3.55. The second kappa shape index (κ2) is 5.39. The highest BCUT2D eigenvalue weighted by Crippen LogP contribution is 2.19. The molecule has 0 atom stereocenters. The Labute approximate surface area is 111 Å². The summed E-state index contributed by atoms with van der Waals surface area (Å²) < 4.78 is 0. The number of benzene rings is 2. The van der Waals surface area contributed by atoms with Crippen molar-refractivity contribution in [3.63, 3.8) is 0 Å². The van der Waals surface area contributed by atoms with Gasteiger partial charge in [0, 0.05) is 0 Å². The van der Waals surface area contributed by atoms with Crippen molar-refractivity contribution in [1.29, 1.82) is 0 Å². The van der Waals surface area contributed by atoms with Crippen LogP contribution in [-0.4, -0.2) is 0 Å². The van der Waals surface area contributed by atoms with Gasteiger partial charge in [-0.1, -0.05) is 61.9 Å². The Balaban J connectivity index is 2.21. The molecule has 0 heteroatoms. The van der Waals surface area contributed by atoms with Gasteiger partial charge in [0.25, 0.3) is 0 Å². The summed E-state index contributed by atoms with van der Waals surface area (Å²) in [5, 5.41) is 0. The highest BCUT2D eigenvalue weighted by Gasteiger charge is 2.02. The maximum absolute atomic E-state index is 2.30. The van der Waals surface area contributed by atoms with Crippen LogP contribution in [0.15, 0.2) is 42.5 Å². The molecule has 0 spiro atoms. The van der Waals surface area contributed by atoms with E-state index < -0.39 is 0 Å². The summed E-state index contributed by atoms with van der Waals surface area (Å²) in [6.07, 6.45) is 1.03. The summed E-state index contributed by atoms with van der Waals surface area (Å²) in [6, 6.07) is 15.7. The SMILES string of the molecule is Cc1ccc(C)c(Cc2ccc(C(C)C)cc2)c1. The van der Waals surface area contributed by atoms with Gasteiger partial charge in [-0.15, -0.1) is 0 Å². The lowest BCUT2D eigenvalue weighted by Crippen LogP contribution is -1.94. The van der Waals surface area contributed by atoms with Crippen molar-refractivity contribution in [2.45, 2.75) is 40.0 Å². The van der Waals surface area contributed by atoms with Crippen LogP contribution in [0.3, 0.4) is 0 Å². The fourth-order valence-corrected chi connectivity index (χ4v) is 2.23. The molecule has 0 saturated heterocycles. The first-order valence-corrected chi connectivity index (χ1v) is 6.71. The Hall–Kier alpha value is -1.56. The maximum Gasteiger partial charge on any atom is -0.00230 e. The largest absolute Gasteiger partial charge is 0.0590 e. The van der Waals surface area contributed by atoms with Gasteiger partial charge in [0.1, 0.15) is 0 Å². The standard InChI is InChI=1S/C18H22/c1-13(2)17-9-7-16(8-10-17)12-18-11-14(3)5-6-15(18)4/h5-11,13H,12H2,1-4H3. The van der Waals surface area contributed by atoms with Gasteiger partial charge < -0.3 is 0 Å². The highest BCUT2D eigenvalue weighted by molar-refractivity contribution is 5.36. The van der Waals surface area contributed by atoms with Gasteiger partial charge in [0.2, 0.25) is 0 Å². The Bertz CT molecular complexity index is 518. The van der Waals surface area contributed by atoms with E-state index in [1.165, 1.54) is 27.8 Å². The minimum absolute atomic E-state index is 0.611. The van der Waals surface area contributed by atoms with Crippen LogP contribution in [0.25, 0.3) is 0 Å². The first-order chi connectivity index (χ1) is 8.56. The van der Waals surface area contributed by atoms with E-state index in [9.17, 15) is 0 Å². The smallest absolute Gasteiger partial charge is 0.00230 e. The molecule has 0 heterocycles. The Kier molecular flexibility index (Phi) is 3.86. The molecule has 0 N–H and O–H groups in total. The first-order valence-electron chi connectivity index (χ1n) is 6.71. The van der Waals surface area contributed by atoms with Crippen LogP contribution in [0.1, 0.15) is 47.6 Å². The van der Waals surface area contributed by atoms with Crippen molar-refractivity contribution in [3.05, 3.63) is 70.3 Å². The normalized spacial score (nSPS) is 10.9. The van der Waals surface area contributed by atoms with Crippen molar-refractivity contribution in [3.8, 4) is 0 Å². The topological polar surface area (TPSA) is 0 Å². The summed E-state index contributed by atoms with van der Waals surface area (Å²) in [4.78, 5) is 0. The summed E-state index contributed by atoms with van der Waals surface area (Å²) in [6.45, 7) is 8.82. The van der Waals surface area contributed by atoms with E-state index in [0.717, 1.165) is 6.42 Å². The lowest BCUT2D eigenvalue weighted by molar-refractivity contribution is 0.865. The molecule has 0 aliphatic heterocycles. The average Bonchev–Trinajstić information content (AvgIpc) is 2.34. The Morgan fingerprint density at radius 1 is 0.889 bits per heavy atom. The maximum atomic E-state index is 2.30. The van der Waals surface area contributed by atoms with Crippen LogP contribution >= 0.6 is 0 Å². The summed E-state index contributed by atoms with van der Waals surface area (Å²) in [5.74, 6) is 0.611. The predicted octanol–water partition coefficient (Wildman–Crippen LogP) is 5.02. The van der Waals surface area contributed by atoms with Crippen molar-refractivity contribution in [2.75, 3.05) is 0 Å². The lowest BCUT2D eigenvalue weighted by atomic mass is 9.96. The summed E-state index contributed by atoms with van der Waals surface area (Å²) in [5.41, 5.74) is 6.98. The Morgan fingerprint density at radius 3 is 2.17 bits per heavy atom. The highest BCUT2D eigenvalue weighted by atomic mass is 14.1. The lowest BCUT2D eigenvalue weighted by Gasteiger charge is -2.09. The van der Waals surface area contributed by atoms with Gasteiger partial charge in [-0.05, 0) is 48.4 Å². The molecular formula is C18H22. The molecule has 2 rings (SSSR count). The molecule has 2 aromatic rings. The minimum atomic E-state index is 0.611. The summed E-state index contributed by atoms with van der Waals surface area (Å²) >= 11 is 0. The van der Waals surface area contributed by atoms with Gasteiger partial charge in [0.15, 0.2) is 0 Å². The number of hydrogen-bond donors (Lipinski definition) is 0. The summed E-state index contributed by atoms with van der Waals surface area (Å²) in [7, 11) is 0. The second-order valence-electron chi connectivity index (χ2n) is 5.50. The van der Waals surface area contributed by atoms with Crippen LogP contribution in [-0.2, 0) is 6.42 Å². The van der Waals surface area contributed by atoms with Crippen molar-refractivity contribution in [1.82, 2.24) is 0 Å². The molecule has 0 nitrogen and oxygen atoms in total. The number of hydrogen-bond acceptors (Lipinski definition) is 0. The van der Waals surface area contributed by atoms with Gasteiger partial charge in [-0.3, -0.25) is 0 Å². The van der Waals surface area contributed by atoms with Crippen molar-refractivity contribution < 1.29 is 0 Å². The van der Waals surface area contributed by atoms with E-state index in [2.05, 4.69) is 70.2 Å². The van der Waals surface area contributed by atoms with Crippen LogP contribution in [0.2, 0.25) is 0 Å². The zero-order valence-electron chi connectivity index (χ0n) is 11.8. The zero-order valence-corrected chi connectivity index (χ0v) is 11.8. The Morgan fingerprint density at radius 2 is 1.56 bits per heavy atom. The molecule has 94 valence electrons. The van der Waals surface area contributed by atoms with Crippen molar-refractivity contribution >= 4 is 0 Å². The monoisotopic (exact) mass is 238 g/mol. The molecule has 0 bridgehead atoms. The van der Waals surface area contributed by atoms with Gasteiger partial charge in [0.05, 0.1) is 0 Å². The quantitative estimate of drug-likeness (QED) is 0.704. The minimum Gasteiger partial charge on any atom is -0.0590 e. The third-order valence-corrected chi connectivity index (χ3v) is 3.55. The van der Waals surface area contributed by atoms with Gasteiger partial charge in [-0.25, -0.2) is 0 Å². The zero-order chi connectivity index (χ0) is 13.1. The fraction of sp³-hybridized carbons (Fsp3) is 0.333. The molecule has 0 saturated carbocycles. The molecule has 2 aromatic carbocycles. The predicted molar refractivity (Wildman–Crippen MR) is 79.3 cm³/mol. The van der Waals surface area contributed by atoms with E-state index in [1.54, 1.807) is 0 Å². The van der Waals surface area contributed by atoms with Crippen molar-refractivity contribution in [2.24, 2.45) is 0 Å². The number of aryl methyl sites for hydroxylation is 2. The molecule has 0 aromatic heterocycles. The first kappa shape index (κ1) is 12.9. The van der Waals surface area contributed by atoms with Crippen LogP contribution < -0.4 is 0 Å². The van der Waals surface area contributed by atoms with E-state index in [0.29, 0.717) is 5.92 Å².